The second kappa shape index (κ2) is 31.9. The largest absolute Gasteiger partial charge is 0.465 e. The SMILES string of the molecule is CCC(C)(C)C(=O)OCC(=O)OC1(C)CCCCC1.CCC(C)(C)C(=O)OCC(=O)OC1(CC)C2CC3CC(C2)CC1C3.CCC(C)(C)C(=O)OCCC(=O)OC1(CC)C2CC3CC(C2)CC1C3.CCC1(OC(=O)CCOC(=O)C(C)(C)CC)CCCC1. The number of rotatable bonds is 25. The Hall–Kier alpha value is -4.24. The van der Waals surface area contributed by atoms with Gasteiger partial charge in [0.1, 0.15) is 35.6 Å². The molecule has 0 aromatic carbocycles. The maximum absolute atomic E-state index is 12.5. The van der Waals surface area contributed by atoms with E-state index < -0.39 is 27.6 Å². The summed E-state index contributed by atoms with van der Waals surface area (Å²) >= 11 is 0. The summed E-state index contributed by atoms with van der Waals surface area (Å²) in [5.41, 5.74) is -3.27. The Labute approximate surface area is 530 Å². The number of hydrogen-bond acceptors (Lipinski definition) is 16. The van der Waals surface area contributed by atoms with Crippen LogP contribution < -0.4 is 0 Å². The van der Waals surface area contributed by atoms with Crippen LogP contribution in [0.4, 0.5) is 0 Å². The first-order valence-electron chi connectivity index (χ1n) is 34.8. The number of hydrogen-bond donors (Lipinski definition) is 0. The molecule has 10 aliphatic rings. The van der Waals surface area contributed by atoms with Crippen molar-refractivity contribution in [1.82, 2.24) is 0 Å². The lowest BCUT2D eigenvalue weighted by Gasteiger charge is -2.60. The molecule has 10 aliphatic carbocycles. The highest BCUT2D eigenvalue weighted by Crippen LogP contribution is 2.62. The van der Waals surface area contributed by atoms with E-state index in [-0.39, 0.29) is 103 Å². The Bertz CT molecular complexity index is 2280. The Balaban J connectivity index is 0.000000215. The molecule has 0 radical (unpaired) electrons. The zero-order valence-corrected chi connectivity index (χ0v) is 57.8. The van der Waals surface area contributed by atoms with E-state index in [1.54, 1.807) is 0 Å². The normalized spacial score (nSPS) is 28.6. The average Bonchev–Trinajstić information content (AvgIpc) is 1.87. The summed E-state index contributed by atoms with van der Waals surface area (Å²) in [4.78, 5) is 96.1. The van der Waals surface area contributed by atoms with Crippen LogP contribution in [-0.4, -0.2) is 96.6 Å². The van der Waals surface area contributed by atoms with Crippen LogP contribution in [0.25, 0.3) is 0 Å². The average molecular weight is 1240 g/mol. The first-order valence-corrected chi connectivity index (χ1v) is 34.8. The monoisotopic (exact) mass is 1240 g/mol. The molecular weight excluding hydrogens is 1120 g/mol. The van der Waals surface area contributed by atoms with Crippen LogP contribution in [0, 0.1) is 69.0 Å². The predicted molar refractivity (Wildman–Crippen MR) is 337 cm³/mol. The van der Waals surface area contributed by atoms with Gasteiger partial charge in [0.2, 0.25) is 0 Å². The topological polar surface area (TPSA) is 210 Å². The number of carbonyl (C=O) groups excluding carboxylic acids is 8. The molecule has 10 saturated carbocycles. The maximum atomic E-state index is 12.5. The highest BCUT2D eigenvalue weighted by atomic mass is 16.6. The van der Waals surface area contributed by atoms with Crippen molar-refractivity contribution >= 4 is 47.8 Å². The molecule has 0 aromatic rings. The van der Waals surface area contributed by atoms with Gasteiger partial charge in [0.15, 0.2) is 13.2 Å². The van der Waals surface area contributed by atoms with Crippen LogP contribution in [0.2, 0.25) is 0 Å². The van der Waals surface area contributed by atoms with Crippen molar-refractivity contribution in [3.05, 3.63) is 0 Å². The quantitative estimate of drug-likeness (QED) is 0.0614. The fourth-order valence-corrected chi connectivity index (χ4v) is 15.7. The van der Waals surface area contributed by atoms with E-state index in [1.165, 1.54) is 70.6 Å². The number of carbonyl (C=O) groups is 8. The van der Waals surface area contributed by atoms with E-state index >= 15 is 0 Å². The van der Waals surface area contributed by atoms with E-state index in [2.05, 4.69) is 20.8 Å². The Kier molecular flexibility index (Phi) is 27.0. The summed E-state index contributed by atoms with van der Waals surface area (Å²) in [7, 11) is 0. The summed E-state index contributed by atoms with van der Waals surface area (Å²) in [6.07, 6.45) is 27.6. The third-order valence-corrected chi connectivity index (χ3v) is 23.0. The van der Waals surface area contributed by atoms with Gasteiger partial charge in [-0.05, 0) is 270 Å². The van der Waals surface area contributed by atoms with Gasteiger partial charge in [-0.1, -0.05) is 54.9 Å². The van der Waals surface area contributed by atoms with Crippen LogP contribution in [-0.2, 0) is 76.3 Å². The van der Waals surface area contributed by atoms with Crippen LogP contribution >= 0.6 is 0 Å². The minimum atomic E-state index is -0.550. The minimum Gasteiger partial charge on any atom is -0.465 e. The van der Waals surface area contributed by atoms with Gasteiger partial charge in [-0.3, -0.25) is 28.8 Å². The molecule has 0 heterocycles. The van der Waals surface area contributed by atoms with Crippen molar-refractivity contribution in [3.63, 3.8) is 0 Å². The lowest BCUT2D eigenvalue weighted by molar-refractivity contribution is -0.215. The second-order valence-corrected chi connectivity index (χ2v) is 30.8. The van der Waals surface area contributed by atoms with Gasteiger partial charge in [-0.2, -0.15) is 0 Å². The van der Waals surface area contributed by atoms with Crippen LogP contribution in [0.5, 0.6) is 0 Å². The number of ether oxygens (including phenoxy) is 8. The molecule has 10 rings (SSSR count). The van der Waals surface area contributed by atoms with Crippen LogP contribution in [0.1, 0.15) is 291 Å². The Morgan fingerprint density at radius 1 is 0.352 bits per heavy atom. The molecule has 16 heteroatoms. The third kappa shape index (κ3) is 19.4. The fourth-order valence-electron chi connectivity index (χ4n) is 15.7. The van der Waals surface area contributed by atoms with E-state index in [0.29, 0.717) is 36.5 Å². The van der Waals surface area contributed by atoms with Crippen LogP contribution in [0.15, 0.2) is 0 Å². The summed E-state index contributed by atoms with van der Waals surface area (Å²) in [5.74, 6) is 3.08. The van der Waals surface area contributed by atoms with Gasteiger partial charge in [-0.15, -0.1) is 0 Å². The van der Waals surface area contributed by atoms with Crippen molar-refractivity contribution in [1.29, 1.82) is 0 Å². The van der Waals surface area contributed by atoms with Gasteiger partial charge >= 0.3 is 47.8 Å². The van der Waals surface area contributed by atoms with Crippen molar-refractivity contribution < 1.29 is 76.3 Å². The van der Waals surface area contributed by atoms with Crippen molar-refractivity contribution in [3.8, 4) is 0 Å². The van der Waals surface area contributed by atoms with Gasteiger partial charge in [0.25, 0.3) is 0 Å². The molecule has 504 valence electrons. The Morgan fingerprint density at radius 3 is 0.966 bits per heavy atom. The highest BCUT2D eigenvalue weighted by Gasteiger charge is 2.60. The first-order chi connectivity index (χ1) is 41.2. The molecule has 0 aliphatic heterocycles. The summed E-state index contributed by atoms with van der Waals surface area (Å²) < 4.78 is 44.0. The summed E-state index contributed by atoms with van der Waals surface area (Å²) in [5, 5.41) is 0. The summed E-state index contributed by atoms with van der Waals surface area (Å²) in [6, 6.07) is 0. The van der Waals surface area contributed by atoms with Crippen molar-refractivity contribution in [2.75, 3.05) is 26.4 Å². The molecule has 0 aromatic heterocycles. The molecule has 0 spiro atoms. The van der Waals surface area contributed by atoms with E-state index in [1.807, 2.05) is 90.0 Å². The number of esters is 8. The molecule has 0 amide bonds. The standard InChI is InChI=1S/C21H34O4.C20H32O4.C16H28O4.C15H26O4/c1-5-20(3,4)19(23)24-8-7-18(22)25-21(6-2)16-10-14-9-15(12-16)13-17(21)11-14;1-5-19(3,4)18(22)23-12-17(21)24-20(6-2)15-8-13-7-14(10-15)11-16(20)9-13;1-5-15(3,4)14(18)19-12-9-13(17)20-16(6-2)10-7-8-11-16;1-5-14(2,3)13(17)18-11-12(16)19-15(4)9-7-6-8-10-15/h14-17H,5-13H2,1-4H3;13-16H,5-12H2,1-4H3;5-12H2,1-4H3;5-11H2,1-4H3. The third-order valence-electron chi connectivity index (χ3n) is 23.0. The zero-order valence-electron chi connectivity index (χ0n) is 57.8. The van der Waals surface area contributed by atoms with E-state index in [0.717, 1.165) is 107 Å². The molecule has 88 heavy (non-hydrogen) atoms. The maximum Gasteiger partial charge on any atom is 0.344 e. The second-order valence-electron chi connectivity index (χ2n) is 30.8. The summed E-state index contributed by atoms with van der Waals surface area (Å²) in [6.45, 7) is 30.5. The molecule has 0 unspecified atom stereocenters. The van der Waals surface area contributed by atoms with E-state index in [4.69, 9.17) is 37.9 Å². The Morgan fingerprint density at radius 2 is 0.648 bits per heavy atom. The smallest absolute Gasteiger partial charge is 0.344 e. The first kappa shape index (κ1) is 74.5. The minimum absolute atomic E-state index is 0.112. The lowest BCUT2D eigenvalue weighted by atomic mass is 9.49. The molecular formula is C72H120O16. The van der Waals surface area contributed by atoms with Crippen molar-refractivity contribution in [2.24, 2.45) is 69.0 Å². The van der Waals surface area contributed by atoms with Gasteiger partial charge in [0, 0.05) is 0 Å². The van der Waals surface area contributed by atoms with Gasteiger partial charge in [0.05, 0.1) is 34.5 Å². The fraction of sp³-hybridized carbons (Fsp3) is 0.889. The molecule has 16 nitrogen and oxygen atoms in total. The molecule has 10 fully saturated rings. The van der Waals surface area contributed by atoms with E-state index in [9.17, 15) is 38.4 Å². The van der Waals surface area contributed by atoms with Crippen molar-refractivity contribution in [2.45, 2.75) is 313 Å². The molecule has 0 atom stereocenters. The zero-order chi connectivity index (χ0) is 65.5. The highest BCUT2D eigenvalue weighted by molar-refractivity contribution is 5.81. The predicted octanol–water partition coefficient (Wildman–Crippen LogP) is 15.5. The molecule has 8 bridgehead atoms. The van der Waals surface area contributed by atoms with Gasteiger partial charge < -0.3 is 37.9 Å². The molecule has 0 N–H and O–H groups in total. The van der Waals surface area contributed by atoms with Crippen LogP contribution in [0.3, 0.4) is 0 Å². The van der Waals surface area contributed by atoms with Gasteiger partial charge in [-0.25, -0.2) is 9.59 Å². The lowest BCUT2D eigenvalue weighted by Crippen LogP contribution is -2.59. The molecule has 0 saturated heterocycles.